The average molecular weight is 259 g/mol. The fourth-order valence-corrected chi connectivity index (χ4v) is 2.87. The highest BCUT2D eigenvalue weighted by atomic mass is 16.4. The van der Waals surface area contributed by atoms with E-state index in [4.69, 9.17) is 5.11 Å². The van der Waals surface area contributed by atoms with Gasteiger partial charge in [0.2, 0.25) is 0 Å². The van der Waals surface area contributed by atoms with Crippen LogP contribution in [0.1, 0.15) is 42.5 Å². The maximum Gasteiger partial charge on any atom is 0.335 e. The highest BCUT2D eigenvalue weighted by molar-refractivity contribution is 5.92. The molecule has 5 heteroatoms. The van der Waals surface area contributed by atoms with E-state index in [1.54, 1.807) is 18.2 Å². The van der Waals surface area contributed by atoms with Gasteiger partial charge in [-0.3, -0.25) is 0 Å². The molecule has 19 heavy (non-hydrogen) atoms. The minimum atomic E-state index is -0.912. The Morgan fingerprint density at radius 2 is 2.16 bits per heavy atom. The van der Waals surface area contributed by atoms with Crippen molar-refractivity contribution in [2.75, 3.05) is 0 Å². The van der Waals surface area contributed by atoms with E-state index in [2.05, 4.69) is 10.3 Å². The number of rotatable bonds is 4. The Morgan fingerprint density at radius 1 is 1.37 bits per heavy atom. The van der Waals surface area contributed by atoms with Crippen molar-refractivity contribution in [3.63, 3.8) is 0 Å². The molecular weight excluding hydrogens is 242 g/mol. The van der Waals surface area contributed by atoms with Gasteiger partial charge in [0.05, 0.1) is 11.1 Å². The molecule has 0 amide bonds. The summed E-state index contributed by atoms with van der Waals surface area (Å²) in [6.45, 7) is 0.824. The molecule has 1 aliphatic rings. The smallest absolute Gasteiger partial charge is 0.335 e. The molecule has 5 nitrogen and oxygen atoms in total. The molecule has 0 spiro atoms. The van der Waals surface area contributed by atoms with Gasteiger partial charge < -0.3 is 5.11 Å². The lowest BCUT2D eigenvalue weighted by Gasteiger charge is -2.08. The number of carboxylic acids is 1. The number of carbonyl (C=O) groups is 1. The zero-order chi connectivity index (χ0) is 13.2. The van der Waals surface area contributed by atoms with Crippen LogP contribution in [0.15, 0.2) is 18.2 Å². The van der Waals surface area contributed by atoms with Crippen LogP contribution in [0.2, 0.25) is 0 Å². The second-order valence-electron chi connectivity index (χ2n) is 5.26. The van der Waals surface area contributed by atoms with E-state index >= 15 is 0 Å². The first-order chi connectivity index (χ1) is 9.24. The van der Waals surface area contributed by atoms with Gasteiger partial charge in [-0.05, 0) is 30.5 Å². The van der Waals surface area contributed by atoms with E-state index in [0.717, 1.165) is 29.9 Å². The van der Waals surface area contributed by atoms with Gasteiger partial charge in [0.1, 0.15) is 5.52 Å². The SMILES string of the molecule is O=C(O)c1ccc2nnn(CCC3CCCC3)c2c1. The maximum absolute atomic E-state index is 11.0. The van der Waals surface area contributed by atoms with Crippen LogP contribution < -0.4 is 0 Å². The molecule has 0 aliphatic heterocycles. The number of nitrogens with zero attached hydrogens (tertiary/aromatic N) is 3. The molecule has 0 radical (unpaired) electrons. The van der Waals surface area contributed by atoms with Crippen LogP contribution in [0.25, 0.3) is 11.0 Å². The molecule has 0 bridgehead atoms. The maximum atomic E-state index is 11.0. The third-order valence-electron chi connectivity index (χ3n) is 3.98. The second kappa shape index (κ2) is 4.99. The van der Waals surface area contributed by atoms with Gasteiger partial charge >= 0.3 is 5.97 Å². The van der Waals surface area contributed by atoms with Gasteiger partial charge in [0.15, 0.2) is 0 Å². The molecule has 1 aromatic heterocycles. The van der Waals surface area contributed by atoms with Crippen molar-refractivity contribution in [2.45, 2.75) is 38.6 Å². The van der Waals surface area contributed by atoms with Gasteiger partial charge in [-0.25, -0.2) is 9.48 Å². The van der Waals surface area contributed by atoms with Gasteiger partial charge in [-0.15, -0.1) is 5.10 Å². The summed E-state index contributed by atoms with van der Waals surface area (Å²) >= 11 is 0. The minimum absolute atomic E-state index is 0.289. The number of fused-ring (bicyclic) bond motifs is 1. The third-order valence-corrected chi connectivity index (χ3v) is 3.98. The Morgan fingerprint density at radius 3 is 2.89 bits per heavy atom. The van der Waals surface area contributed by atoms with Gasteiger partial charge in [0.25, 0.3) is 0 Å². The Bertz CT molecular complexity index is 600. The summed E-state index contributed by atoms with van der Waals surface area (Å²) in [4.78, 5) is 11.0. The monoisotopic (exact) mass is 259 g/mol. The molecular formula is C14H17N3O2. The number of aromatic carboxylic acids is 1. The van der Waals surface area contributed by atoms with E-state index < -0.39 is 5.97 Å². The Labute approximate surface area is 111 Å². The molecule has 1 saturated carbocycles. The molecule has 0 atom stereocenters. The summed E-state index contributed by atoms with van der Waals surface area (Å²) in [6.07, 6.45) is 6.41. The van der Waals surface area contributed by atoms with E-state index in [9.17, 15) is 4.79 Å². The van der Waals surface area contributed by atoms with Crippen LogP contribution in [0.3, 0.4) is 0 Å². The molecule has 1 aliphatic carbocycles. The zero-order valence-electron chi connectivity index (χ0n) is 10.7. The number of hydrogen-bond donors (Lipinski definition) is 1. The highest BCUT2D eigenvalue weighted by Gasteiger charge is 2.16. The summed E-state index contributed by atoms with van der Waals surface area (Å²) in [5.41, 5.74) is 1.87. The van der Waals surface area contributed by atoms with Crippen LogP contribution in [0, 0.1) is 5.92 Å². The van der Waals surface area contributed by atoms with E-state index in [1.807, 2.05) is 4.68 Å². The first-order valence-electron chi connectivity index (χ1n) is 6.80. The van der Waals surface area contributed by atoms with Crippen LogP contribution in [-0.2, 0) is 6.54 Å². The van der Waals surface area contributed by atoms with Crippen LogP contribution in [-0.4, -0.2) is 26.1 Å². The van der Waals surface area contributed by atoms with Gasteiger partial charge in [-0.2, -0.15) is 0 Å². The predicted octanol–water partition coefficient (Wildman–Crippen LogP) is 2.71. The van der Waals surface area contributed by atoms with E-state index in [1.165, 1.54) is 25.7 Å². The molecule has 1 heterocycles. The normalized spacial score (nSPS) is 16.2. The van der Waals surface area contributed by atoms with E-state index in [-0.39, 0.29) is 5.56 Å². The van der Waals surface area contributed by atoms with Gasteiger partial charge in [0, 0.05) is 6.54 Å². The number of hydrogen-bond acceptors (Lipinski definition) is 3. The molecule has 1 aromatic carbocycles. The summed E-state index contributed by atoms with van der Waals surface area (Å²) in [7, 11) is 0. The summed E-state index contributed by atoms with van der Waals surface area (Å²) in [6, 6.07) is 4.95. The zero-order valence-corrected chi connectivity index (χ0v) is 10.7. The van der Waals surface area contributed by atoms with Crippen molar-refractivity contribution >= 4 is 17.0 Å². The summed E-state index contributed by atoms with van der Waals surface area (Å²) in [5.74, 6) is -0.118. The number of aryl methyl sites for hydroxylation is 1. The van der Waals surface area contributed by atoms with Crippen molar-refractivity contribution < 1.29 is 9.90 Å². The molecule has 1 fully saturated rings. The average Bonchev–Trinajstić information content (AvgIpc) is 3.05. The Hall–Kier alpha value is -1.91. The summed E-state index contributed by atoms with van der Waals surface area (Å²) in [5, 5.41) is 17.2. The minimum Gasteiger partial charge on any atom is -0.478 e. The highest BCUT2D eigenvalue weighted by Crippen LogP contribution is 2.28. The van der Waals surface area contributed by atoms with Crippen molar-refractivity contribution in [2.24, 2.45) is 5.92 Å². The van der Waals surface area contributed by atoms with Crippen molar-refractivity contribution in [1.82, 2.24) is 15.0 Å². The quantitative estimate of drug-likeness (QED) is 0.916. The fraction of sp³-hybridized carbons (Fsp3) is 0.500. The Kier molecular flexibility index (Phi) is 3.19. The van der Waals surface area contributed by atoms with E-state index in [0.29, 0.717) is 0 Å². The van der Waals surface area contributed by atoms with Crippen LogP contribution >= 0.6 is 0 Å². The molecule has 2 aromatic rings. The standard InChI is InChI=1S/C14H17N3O2/c18-14(19)11-5-6-12-13(9-11)17(16-15-12)8-7-10-3-1-2-4-10/h5-6,9-10H,1-4,7-8H2,(H,18,19). The molecule has 3 rings (SSSR count). The van der Waals surface area contributed by atoms with Crippen molar-refractivity contribution in [3.8, 4) is 0 Å². The lowest BCUT2D eigenvalue weighted by atomic mass is 10.0. The number of benzene rings is 1. The lowest BCUT2D eigenvalue weighted by molar-refractivity contribution is 0.0697. The molecule has 0 unspecified atom stereocenters. The fourth-order valence-electron chi connectivity index (χ4n) is 2.87. The predicted molar refractivity (Wildman–Crippen MR) is 71.1 cm³/mol. The topological polar surface area (TPSA) is 68.0 Å². The molecule has 0 saturated heterocycles. The van der Waals surface area contributed by atoms with Crippen LogP contribution in [0.5, 0.6) is 0 Å². The first kappa shape index (κ1) is 12.1. The first-order valence-corrected chi connectivity index (χ1v) is 6.80. The van der Waals surface area contributed by atoms with Crippen LogP contribution in [0.4, 0.5) is 0 Å². The van der Waals surface area contributed by atoms with Crippen molar-refractivity contribution in [3.05, 3.63) is 23.8 Å². The lowest BCUT2D eigenvalue weighted by Crippen LogP contribution is -2.05. The van der Waals surface area contributed by atoms with Crippen molar-refractivity contribution in [1.29, 1.82) is 0 Å². The second-order valence-corrected chi connectivity index (χ2v) is 5.26. The van der Waals surface area contributed by atoms with Gasteiger partial charge in [-0.1, -0.05) is 30.9 Å². The largest absolute Gasteiger partial charge is 0.478 e. The number of carboxylic acid groups (broad SMARTS) is 1. The number of aromatic nitrogens is 3. The molecule has 100 valence electrons. The summed E-state index contributed by atoms with van der Waals surface area (Å²) < 4.78 is 1.83. The molecule has 1 N–H and O–H groups in total. The third kappa shape index (κ3) is 2.45. The Balaban J connectivity index is 1.81.